The van der Waals surface area contributed by atoms with Crippen LogP contribution in [-0.2, 0) is 30.3 Å². The zero-order valence-corrected chi connectivity index (χ0v) is 25.0. The van der Waals surface area contributed by atoms with Crippen molar-refractivity contribution in [3.8, 4) is 5.75 Å². The maximum absolute atomic E-state index is 13.8. The highest BCUT2D eigenvalue weighted by Gasteiger charge is 2.45. The van der Waals surface area contributed by atoms with Gasteiger partial charge in [0.25, 0.3) is 0 Å². The summed E-state index contributed by atoms with van der Waals surface area (Å²) in [5, 5.41) is 15.1. The van der Waals surface area contributed by atoms with Crippen LogP contribution in [0, 0.1) is 11.8 Å². The SMILES string of the molecule is CCCCOC(=O)[C@H](Cc1ccc(O)cc1)NC(=O)C1(NC(=O)[C@@H](SC(=O)C2CCCCC2)C(C)C)CCCC1. The van der Waals surface area contributed by atoms with Crippen LogP contribution in [0.2, 0.25) is 0 Å². The number of thioether (sulfide) groups is 1. The van der Waals surface area contributed by atoms with Crippen molar-refractivity contribution in [2.45, 2.75) is 115 Å². The summed E-state index contributed by atoms with van der Waals surface area (Å²) < 4.78 is 5.46. The van der Waals surface area contributed by atoms with Crippen LogP contribution in [0.15, 0.2) is 24.3 Å². The van der Waals surface area contributed by atoms with Gasteiger partial charge in [-0.3, -0.25) is 14.4 Å². The molecule has 3 rings (SSSR count). The number of unbranched alkanes of at least 4 members (excludes halogenated alkanes) is 1. The lowest BCUT2D eigenvalue weighted by Crippen LogP contribution is -2.61. The molecule has 2 aliphatic rings. The summed E-state index contributed by atoms with van der Waals surface area (Å²) in [5.74, 6) is -1.21. The van der Waals surface area contributed by atoms with E-state index in [1.165, 1.54) is 12.1 Å². The number of esters is 1. The lowest BCUT2D eigenvalue weighted by Gasteiger charge is -2.33. The highest BCUT2D eigenvalue weighted by molar-refractivity contribution is 8.14. The van der Waals surface area contributed by atoms with Gasteiger partial charge in [0.1, 0.15) is 17.3 Å². The molecule has 0 spiro atoms. The molecule has 0 bridgehead atoms. The van der Waals surface area contributed by atoms with Crippen LogP contribution < -0.4 is 10.6 Å². The standard InChI is InChI=1S/C31H46N2O6S/c1-4-5-19-39-28(36)25(20-22-13-15-24(34)16-14-22)32-30(38)31(17-9-10-18-31)33-27(35)26(21(2)3)40-29(37)23-11-7-6-8-12-23/h13-16,21,23,25-26,34H,4-12,17-20H2,1-3H3,(H,32,38)(H,33,35)/t25-,26-/m0/s1. The maximum Gasteiger partial charge on any atom is 0.328 e. The van der Waals surface area contributed by atoms with Gasteiger partial charge in [-0.2, -0.15) is 0 Å². The van der Waals surface area contributed by atoms with Crippen molar-refractivity contribution in [1.82, 2.24) is 10.6 Å². The summed E-state index contributed by atoms with van der Waals surface area (Å²) in [6.07, 6.45) is 9.27. The van der Waals surface area contributed by atoms with Gasteiger partial charge in [-0.15, -0.1) is 0 Å². The molecule has 8 nitrogen and oxygen atoms in total. The number of rotatable bonds is 13. The molecule has 0 unspecified atom stereocenters. The predicted octanol–water partition coefficient (Wildman–Crippen LogP) is 5.06. The Morgan fingerprint density at radius 1 is 1.02 bits per heavy atom. The molecule has 2 amide bonds. The van der Waals surface area contributed by atoms with Crippen molar-refractivity contribution in [2.24, 2.45) is 11.8 Å². The molecule has 2 aliphatic carbocycles. The molecule has 222 valence electrons. The van der Waals surface area contributed by atoms with E-state index in [-0.39, 0.29) is 41.6 Å². The summed E-state index contributed by atoms with van der Waals surface area (Å²) >= 11 is 1.12. The molecule has 0 heterocycles. The van der Waals surface area contributed by atoms with Crippen molar-refractivity contribution in [3.63, 3.8) is 0 Å². The number of phenols is 1. The van der Waals surface area contributed by atoms with E-state index in [0.717, 1.165) is 75.1 Å². The van der Waals surface area contributed by atoms with E-state index in [0.29, 0.717) is 12.8 Å². The first-order chi connectivity index (χ1) is 19.1. The van der Waals surface area contributed by atoms with Crippen LogP contribution in [0.3, 0.4) is 0 Å². The third-order valence-corrected chi connectivity index (χ3v) is 9.59. The van der Waals surface area contributed by atoms with Crippen LogP contribution >= 0.6 is 11.8 Å². The molecule has 1 aromatic carbocycles. The van der Waals surface area contributed by atoms with Crippen LogP contribution in [0.4, 0.5) is 0 Å². The number of phenolic OH excluding ortho intramolecular Hbond substituents is 1. The average Bonchev–Trinajstić information content (AvgIpc) is 3.42. The molecule has 2 saturated carbocycles. The zero-order valence-electron chi connectivity index (χ0n) is 24.2. The van der Waals surface area contributed by atoms with E-state index < -0.39 is 28.7 Å². The Kier molecular flexibility index (Phi) is 12.3. The van der Waals surface area contributed by atoms with Crippen LogP contribution in [0.1, 0.15) is 97.0 Å². The molecule has 2 atom stereocenters. The van der Waals surface area contributed by atoms with Gasteiger partial charge < -0.3 is 20.5 Å². The number of benzene rings is 1. The number of hydrogen-bond acceptors (Lipinski definition) is 7. The fraction of sp³-hybridized carbons (Fsp3) is 0.677. The number of hydrogen-bond donors (Lipinski definition) is 3. The number of carbonyl (C=O) groups is 4. The first kappa shape index (κ1) is 32.0. The Balaban J connectivity index is 1.74. The smallest absolute Gasteiger partial charge is 0.328 e. The third-order valence-electron chi connectivity index (χ3n) is 8.01. The minimum absolute atomic E-state index is 0.00378. The minimum Gasteiger partial charge on any atom is -0.508 e. The first-order valence-electron chi connectivity index (χ1n) is 14.9. The number of ether oxygens (including phenoxy) is 1. The third kappa shape index (κ3) is 8.98. The zero-order chi connectivity index (χ0) is 29.1. The number of nitrogens with one attached hydrogen (secondary N) is 2. The molecule has 3 N–H and O–H groups in total. The molecule has 1 aromatic rings. The number of amides is 2. The van der Waals surface area contributed by atoms with E-state index in [1.54, 1.807) is 12.1 Å². The second-order valence-corrected chi connectivity index (χ2v) is 12.8. The maximum atomic E-state index is 13.8. The van der Waals surface area contributed by atoms with Crippen LogP contribution in [0.25, 0.3) is 0 Å². The summed E-state index contributed by atoms with van der Waals surface area (Å²) in [6, 6.07) is 5.54. The quantitative estimate of drug-likeness (QED) is 0.222. The first-order valence-corrected chi connectivity index (χ1v) is 15.8. The van der Waals surface area contributed by atoms with Gasteiger partial charge in [0, 0.05) is 12.3 Å². The molecule has 0 radical (unpaired) electrons. The second kappa shape index (κ2) is 15.5. The molecule has 0 saturated heterocycles. The van der Waals surface area contributed by atoms with Gasteiger partial charge in [0.05, 0.1) is 11.9 Å². The summed E-state index contributed by atoms with van der Waals surface area (Å²) in [7, 11) is 0. The topological polar surface area (TPSA) is 122 Å². The predicted molar refractivity (Wildman–Crippen MR) is 157 cm³/mol. The highest BCUT2D eigenvalue weighted by Crippen LogP contribution is 2.34. The molecule has 0 aromatic heterocycles. The van der Waals surface area contributed by atoms with Gasteiger partial charge in [-0.25, -0.2) is 4.79 Å². The molecular formula is C31H46N2O6S. The van der Waals surface area contributed by atoms with Gasteiger partial charge in [0.15, 0.2) is 5.12 Å². The van der Waals surface area contributed by atoms with E-state index in [2.05, 4.69) is 10.6 Å². The fourth-order valence-corrected chi connectivity index (χ4v) is 6.64. The van der Waals surface area contributed by atoms with Crippen LogP contribution in [0.5, 0.6) is 5.75 Å². The summed E-state index contributed by atoms with van der Waals surface area (Å²) in [4.78, 5) is 53.5. The van der Waals surface area contributed by atoms with Crippen molar-refractivity contribution in [2.75, 3.05) is 6.61 Å². The van der Waals surface area contributed by atoms with Crippen molar-refractivity contribution >= 4 is 34.7 Å². The number of carbonyl (C=O) groups excluding carboxylic acids is 4. The highest BCUT2D eigenvalue weighted by atomic mass is 32.2. The Bertz CT molecular complexity index is 1000. The average molecular weight is 575 g/mol. The van der Waals surface area contributed by atoms with Gasteiger partial charge in [-0.1, -0.05) is 83.2 Å². The molecule has 40 heavy (non-hydrogen) atoms. The largest absolute Gasteiger partial charge is 0.508 e. The van der Waals surface area contributed by atoms with E-state index in [4.69, 9.17) is 4.74 Å². The minimum atomic E-state index is -1.14. The normalized spacial score (nSPS) is 18.6. The Morgan fingerprint density at radius 3 is 2.27 bits per heavy atom. The van der Waals surface area contributed by atoms with Crippen molar-refractivity contribution in [1.29, 1.82) is 0 Å². The second-order valence-electron chi connectivity index (χ2n) is 11.6. The lowest BCUT2D eigenvalue weighted by atomic mass is 9.90. The van der Waals surface area contributed by atoms with Gasteiger partial charge in [-0.05, 0) is 55.7 Å². The Morgan fingerprint density at radius 2 is 1.68 bits per heavy atom. The molecule has 9 heteroatoms. The van der Waals surface area contributed by atoms with E-state index in [9.17, 15) is 24.3 Å². The lowest BCUT2D eigenvalue weighted by molar-refractivity contribution is -0.149. The Labute approximate surface area is 242 Å². The molecular weight excluding hydrogens is 528 g/mol. The van der Waals surface area contributed by atoms with Gasteiger partial charge >= 0.3 is 5.97 Å². The van der Waals surface area contributed by atoms with Gasteiger partial charge in [0.2, 0.25) is 11.8 Å². The van der Waals surface area contributed by atoms with E-state index >= 15 is 0 Å². The molecule has 0 aliphatic heterocycles. The monoisotopic (exact) mass is 574 g/mol. The fourth-order valence-electron chi connectivity index (χ4n) is 5.52. The van der Waals surface area contributed by atoms with E-state index in [1.807, 2.05) is 20.8 Å². The van der Waals surface area contributed by atoms with Crippen molar-refractivity contribution < 1.29 is 29.0 Å². The van der Waals surface area contributed by atoms with Crippen molar-refractivity contribution in [3.05, 3.63) is 29.8 Å². The number of aromatic hydroxyl groups is 1. The van der Waals surface area contributed by atoms with Crippen LogP contribution in [-0.4, -0.2) is 51.4 Å². The Hall–Kier alpha value is -2.55. The molecule has 2 fully saturated rings. The summed E-state index contributed by atoms with van der Waals surface area (Å²) in [6.45, 7) is 6.11. The summed E-state index contributed by atoms with van der Waals surface area (Å²) in [5.41, 5.74) is -0.382.